The summed E-state index contributed by atoms with van der Waals surface area (Å²) in [5.74, 6) is -0.0352. The molecular weight excluding hydrogens is 1450 g/mol. The van der Waals surface area contributed by atoms with Crippen LogP contribution < -0.4 is 53.9 Å². The van der Waals surface area contributed by atoms with Crippen LogP contribution in [0.25, 0.3) is 22.5 Å². The van der Waals surface area contributed by atoms with Crippen LogP contribution in [-0.4, -0.2) is 52.0 Å². The van der Waals surface area contributed by atoms with Crippen molar-refractivity contribution in [3.8, 4) is 34.0 Å². The molecular formula is C96H82B2Fe2N8O3+2. The third-order valence-electron chi connectivity index (χ3n) is 19.6. The second-order valence-corrected chi connectivity index (χ2v) is 26.6. The maximum absolute atomic E-state index is 12.2. The van der Waals surface area contributed by atoms with E-state index >= 15 is 0 Å². The van der Waals surface area contributed by atoms with Gasteiger partial charge in [-0.25, -0.2) is 0 Å². The zero-order valence-corrected chi connectivity index (χ0v) is 63.5. The summed E-state index contributed by atoms with van der Waals surface area (Å²) < 4.78 is 0. The zero-order valence-electron chi connectivity index (χ0n) is 61.3. The normalized spacial score (nSPS) is 10.8. The van der Waals surface area contributed by atoms with Crippen LogP contribution in [0.15, 0.2) is 425 Å². The minimum atomic E-state index is -1.22. The molecule has 0 unspecified atom stereocenters. The first-order valence-corrected chi connectivity index (χ1v) is 36.6. The second-order valence-electron chi connectivity index (χ2n) is 26.6. The summed E-state index contributed by atoms with van der Waals surface area (Å²) >= 11 is 0. The molecule has 6 aromatic heterocycles. The molecule has 15 heteroatoms. The van der Waals surface area contributed by atoms with Gasteiger partial charge in [-0.05, 0) is 83.9 Å². The Morgan fingerprint density at radius 3 is 0.604 bits per heavy atom. The van der Waals surface area contributed by atoms with Crippen LogP contribution in [0.2, 0.25) is 0 Å². The first-order chi connectivity index (χ1) is 53.4. The quantitative estimate of drug-likeness (QED) is 0.0598. The van der Waals surface area contributed by atoms with Crippen molar-refractivity contribution in [1.82, 2.24) is 39.7 Å². The molecule has 0 aliphatic rings. The van der Waals surface area contributed by atoms with Crippen LogP contribution >= 0.6 is 0 Å². The molecule has 10 aromatic carbocycles. The van der Waals surface area contributed by atoms with E-state index in [-0.39, 0.29) is 51.1 Å². The van der Waals surface area contributed by atoms with Gasteiger partial charge in [0.15, 0.2) is 0 Å². The molecule has 6 heterocycles. The summed E-state index contributed by atoms with van der Waals surface area (Å²) in [7, 11) is 0. The van der Waals surface area contributed by atoms with Gasteiger partial charge in [0.05, 0.1) is 45.6 Å². The Balaban J connectivity index is 0.000000156. The van der Waals surface area contributed by atoms with E-state index in [0.29, 0.717) is 61.8 Å². The Bertz CT molecular complexity index is 4570. The van der Waals surface area contributed by atoms with Crippen LogP contribution in [0, 0.1) is 0 Å². The number of hydrogen-bond donors (Lipinski definition) is 0. The number of benzene rings is 10. The van der Waals surface area contributed by atoms with Crippen molar-refractivity contribution in [1.29, 1.82) is 0 Å². The van der Waals surface area contributed by atoms with Crippen molar-refractivity contribution in [2.75, 3.05) is 0 Å². The van der Waals surface area contributed by atoms with Crippen LogP contribution in [0.1, 0.15) is 34.2 Å². The van der Waals surface area contributed by atoms with Crippen LogP contribution in [0.5, 0.6) is 11.5 Å². The number of nitrogens with zero attached hydrogens (tertiary/aromatic N) is 8. The number of rotatable bonds is 22. The van der Waals surface area contributed by atoms with Crippen LogP contribution in [-0.2, 0) is 78.9 Å². The molecule has 0 atom stereocenters. The van der Waals surface area contributed by atoms with E-state index in [1.165, 1.54) is 43.7 Å². The average molecular weight is 1530 g/mol. The minimum absolute atomic E-state index is 0. The molecule has 111 heavy (non-hydrogen) atoms. The average Bonchev–Trinajstić information content (AvgIpc) is 0.743. The maximum atomic E-state index is 12.2. The Morgan fingerprint density at radius 2 is 0.396 bits per heavy atom. The van der Waals surface area contributed by atoms with Crippen molar-refractivity contribution in [2.45, 2.75) is 39.3 Å². The van der Waals surface area contributed by atoms with Crippen molar-refractivity contribution < 1.29 is 49.8 Å². The third kappa shape index (κ3) is 21.2. The van der Waals surface area contributed by atoms with Crippen molar-refractivity contribution in [3.05, 3.63) is 459 Å². The predicted molar refractivity (Wildman–Crippen MR) is 442 cm³/mol. The monoisotopic (exact) mass is 1530 g/mol. The Kier molecular flexibility index (Phi) is 30.7. The summed E-state index contributed by atoms with van der Waals surface area (Å²) in [6.07, 6.45) is 4.78. The van der Waals surface area contributed by atoms with E-state index in [4.69, 9.17) is 9.97 Å². The molecule has 0 aliphatic carbocycles. The molecule has 0 radical (unpaired) electrons. The summed E-state index contributed by atoms with van der Waals surface area (Å²) in [4.78, 5) is 31.8. The largest absolute Gasteiger partial charge is 4.00 e. The van der Waals surface area contributed by atoms with Crippen molar-refractivity contribution >= 4 is 56.0 Å². The molecule has 0 amide bonds. The van der Waals surface area contributed by atoms with Crippen molar-refractivity contribution in [2.24, 2.45) is 0 Å². The Hall–Kier alpha value is -12.3. The first kappa shape index (κ1) is 81.3. The fourth-order valence-corrected chi connectivity index (χ4v) is 14.7. The zero-order chi connectivity index (χ0) is 73.7. The molecule has 0 N–H and O–H groups in total. The molecule has 0 fully saturated rings. The van der Waals surface area contributed by atoms with Crippen molar-refractivity contribution in [3.63, 3.8) is 0 Å². The smallest absolute Gasteiger partial charge is 2.00 e. The summed E-state index contributed by atoms with van der Waals surface area (Å²) in [6, 6.07) is 136. The van der Waals surface area contributed by atoms with E-state index in [1.54, 1.807) is 49.1 Å². The fraction of sp³-hybridized carbons (Fsp3) is 0.0625. The van der Waals surface area contributed by atoms with Gasteiger partial charge in [-0.1, -0.05) is 339 Å². The molecule has 16 rings (SSSR count). The van der Waals surface area contributed by atoms with Gasteiger partial charge in [-0.2, -0.15) is 43.7 Å². The van der Waals surface area contributed by atoms with E-state index in [1.807, 2.05) is 133 Å². The molecule has 0 saturated heterocycles. The molecule has 0 saturated carbocycles. The Morgan fingerprint density at radius 1 is 0.207 bits per heavy atom. The number of pyridine rings is 6. The van der Waals surface area contributed by atoms with Gasteiger partial charge >= 0.3 is 34.1 Å². The molecule has 544 valence electrons. The van der Waals surface area contributed by atoms with Gasteiger partial charge in [-0.3, -0.25) is 39.7 Å². The van der Waals surface area contributed by atoms with E-state index in [0.717, 1.165) is 34.2 Å². The van der Waals surface area contributed by atoms with E-state index < -0.39 is 12.3 Å². The van der Waals surface area contributed by atoms with E-state index in [9.17, 15) is 10.2 Å². The summed E-state index contributed by atoms with van der Waals surface area (Å²) in [6.45, 7) is 3.98. The maximum Gasteiger partial charge on any atom is 4.00 e. The predicted octanol–water partition coefficient (Wildman–Crippen LogP) is 13.6. The molecule has 16 aromatic rings. The number of para-hydroxylation sites is 2. The summed E-state index contributed by atoms with van der Waals surface area (Å²) in [5, 5.41) is 24.3. The van der Waals surface area contributed by atoms with Gasteiger partial charge in [-0.15, -0.1) is 0 Å². The number of aromatic nitrogens is 6. The molecule has 0 aliphatic heterocycles. The first-order valence-electron chi connectivity index (χ1n) is 36.6. The standard InChI is InChI=1S/2C24H20B.2C24H22N4O.2Fe.O/c2*1-5-13-21(14-6-1)25(22-15-7-2-8-16-22,23-17-9-3-10-18-23)24-19-11-4-12-20-24;2*29-24-13-2-1-11-22(24)23-12-7-10-21(27-23)18-28(16-19-8-3-5-14-25-19)17-20-9-4-6-15-26-20;;;/h2*1-20H;2*1-15,29H,16-18H2;;;/q2*-1;;;2*+4;-2/p-2. The van der Waals surface area contributed by atoms with Crippen LogP contribution in [0.3, 0.4) is 0 Å². The van der Waals surface area contributed by atoms with Gasteiger partial charge in [0.2, 0.25) is 0 Å². The van der Waals surface area contributed by atoms with Gasteiger partial charge < -0.3 is 15.7 Å². The molecule has 0 bridgehead atoms. The second kappa shape index (κ2) is 41.9. The topological polar surface area (TPSA) is 158 Å². The molecule has 11 nitrogen and oxygen atoms in total. The summed E-state index contributed by atoms with van der Waals surface area (Å²) in [5.41, 5.74) is 19.1. The van der Waals surface area contributed by atoms with Gasteiger partial charge in [0.25, 0.3) is 0 Å². The van der Waals surface area contributed by atoms with Gasteiger partial charge in [0.1, 0.15) is 12.3 Å². The third-order valence-corrected chi connectivity index (χ3v) is 19.6. The molecule has 0 spiro atoms. The van der Waals surface area contributed by atoms with Gasteiger partial charge in [0, 0.05) is 64.1 Å². The fourth-order valence-electron chi connectivity index (χ4n) is 14.7. The van der Waals surface area contributed by atoms with Crippen LogP contribution in [0.4, 0.5) is 0 Å². The Labute approximate surface area is 673 Å². The SMILES string of the molecule is [Fe+4].[Fe+4].[O-2].[O-]c1ccccc1-c1cccc(CN(Cc2ccccn2)Cc2ccccn2)n1.[O-]c1ccccc1-c1cccc(CN(Cc2ccccn2)Cc2ccccn2)n1.c1ccc([B-](c2ccccc2)(c2ccccc2)c2ccccc2)cc1.c1ccc([B-](c2ccccc2)(c2ccccc2)c2ccccc2)cc1. The van der Waals surface area contributed by atoms with E-state index in [2.05, 4.69) is 272 Å². The minimum Gasteiger partial charge on any atom is -2.00 e. The number of hydrogen-bond acceptors (Lipinski definition) is 10.